The molecule has 0 fully saturated rings. The van der Waals surface area contributed by atoms with Gasteiger partial charge in [-0.1, -0.05) is 6.07 Å². The van der Waals surface area contributed by atoms with Gasteiger partial charge in [0.15, 0.2) is 0 Å². The van der Waals surface area contributed by atoms with E-state index in [9.17, 15) is 8.42 Å². The van der Waals surface area contributed by atoms with E-state index in [2.05, 4.69) is 4.57 Å². The minimum absolute atomic E-state index is 0.0215. The van der Waals surface area contributed by atoms with E-state index in [4.69, 9.17) is 10.7 Å². The lowest BCUT2D eigenvalue weighted by Gasteiger charge is -2.05. The maximum atomic E-state index is 10.9. The van der Waals surface area contributed by atoms with Gasteiger partial charge in [-0.3, -0.25) is 0 Å². The van der Waals surface area contributed by atoms with Crippen molar-refractivity contribution in [3.63, 3.8) is 0 Å². The van der Waals surface area contributed by atoms with Crippen molar-refractivity contribution in [2.75, 3.05) is 5.75 Å². The summed E-state index contributed by atoms with van der Waals surface area (Å²) in [7, 11) is 3.80. The zero-order valence-corrected chi connectivity index (χ0v) is 11.3. The molecule has 17 heavy (non-hydrogen) atoms. The fourth-order valence-electron chi connectivity index (χ4n) is 2.14. The van der Waals surface area contributed by atoms with Crippen LogP contribution in [0, 0.1) is 6.92 Å². The Balaban J connectivity index is 2.37. The average molecular weight is 272 g/mol. The van der Waals surface area contributed by atoms with Crippen molar-refractivity contribution in [3.05, 3.63) is 35.5 Å². The number of fused-ring (bicyclic) bond motifs is 1. The van der Waals surface area contributed by atoms with E-state index in [1.165, 1.54) is 5.52 Å². The SMILES string of the molecule is Cc1cc(CCS(=O)(=O)Cl)cc2ccn(C)c12. The normalized spacial score (nSPS) is 12.2. The van der Waals surface area contributed by atoms with Crippen LogP contribution in [0.15, 0.2) is 24.4 Å². The monoisotopic (exact) mass is 271 g/mol. The fraction of sp³-hybridized carbons (Fsp3) is 0.333. The third-order valence-corrected chi connectivity index (χ3v) is 4.01. The Hall–Kier alpha value is -1.00. The highest BCUT2D eigenvalue weighted by Gasteiger charge is 2.08. The summed E-state index contributed by atoms with van der Waals surface area (Å²) in [5, 5.41) is 1.13. The van der Waals surface area contributed by atoms with Crippen LogP contribution in [0.25, 0.3) is 10.9 Å². The fourth-order valence-corrected chi connectivity index (χ4v) is 2.85. The van der Waals surface area contributed by atoms with Crippen molar-refractivity contribution in [3.8, 4) is 0 Å². The first-order valence-electron chi connectivity index (χ1n) is 5.34. The summed E-state index contributed by atoms with van der Waals surface area (Å²) in [4.78, 5) is 0. The zero-order valence-electron chi connectivity index (χ0n) is 9.77. The van der Waals surface area contributed by atoms with Crippen molar-refractivity contribution in [1.29, 1.82) is 0 Å². The van der Waals surface area contributed by atoms with Gasteiger partial charge in [-0.2, -0.15) is 0 Å². The van der Waals surface area contributed by atoms with Crippen LogP contribution in [0.1, 0.15) is 11.1 Å². The van der Waals surface area contributed by atoms with E-state index >= 15 is 0 Å². The number of aromatic nitrogens is 1. The molecule has 0 aliphatic heterocycles. The molecule has 0 saturated heterocycles. The number of hydrogen-bond acceptors (Lipinski definition) is 2. The van der Waals surface area contributed by atoms with Crippen LogP contribution < -0.4 is 0 Å². The van der Waals surface area contributed by atoms with Gasteiger partial charge in [0.05, 0.1) is 11.3 Å². The Morgan fingerprint density at radius 3 is 2.71 bits per heavy atom. The maximum absolute atomic E-state index is 10.9. The van der Waals surface area contributed by atoms with Crippen LogP contribution in [0.5, 0.6) is 0 Å². The molecule has 0 bridgehead atoms. The van der Waals surface area contributed by atoms with E-state index in [0.717, 1.165) is 16.5 Å². The zero-order chi connectivity index (χ0) is 12.6. The van der Waals surface area contributed by atoms with E-state index in [-0.39, 0.29) is 5.75 Å². The van der Waals surface area contributed by atoms with E-state index in [1.807, 2.05) is 38.4 Å². The quantitative estimate of drug-likeness (QED) is 0.805. The molecular formula is C12H14ClNO2S. The van der Waals surface area contributed by atoms with Crippen LogP contribution in [0.4, 0.5) is 0 Å². The predicted molar refractivity (Wildman–Crippen MR) is 71.0 cm³/mol. The lowest BCUT2D eigenvalue weighted by atomic mass is 10.1. The number of hydrogen-bond donors (Lipinski definition) is 0. The molecule has 0 unspecified atom stereocenters. The summed E-state index contributed by atoms with van der Waals surface area (Å²) in [6.45, 7) is 2.03. The summed E-state index contributed by atoms with van der Waals surface area (Å²) in [6, 6.07) is 6.07. The number of rotatable bonds is 3. The molecule has 3 nitrogen and oxygen atoms in total. The molecule has 0 N–H and O–H groups in total. The molecule has 0 radical (unpaired) electrons. The van der Waals surface area contributed by atoms with Crippen LogP contribution in [0.3, 0.4) is 0 Å². The van der Waals surface area contributed by atoms with Gasteiger partial charge in [-0.05, 0) is 36.6 Å². The van der Waals surface area contributed by atoms with Crippen LogP contribution >= 0.6 is 10.7 Å². The summed E-state index contributed by atoms with van der Waals surface area (Å²) in [5.41, 5.74) is 3.34. The smallest absolute Gasteiger partial charge is 0.232 e. The van der Waals surface area contributed by atoms with E-state index < -0.39 is 9.05 Å². The summed E-state index contributed by atoms with van der Waals surface area (Å²) >= 11 is 0. The topological polar surface area (TPSA) is 39.1 Å². The third-order valence-electron chi connectivity index (χ3n) is 2.85. The van der Waals surface area contributed by atoms with Gasteiger partial charge in [-0.25, -0.2) is 8.42 Å². The minimum atomic E-state index is -3.42. The van der Waals surface area contributed by atoms with Gasteiger partial charge in [-0.15, -0.1) is 0 Å². The first-order chi connectivity index (χ1) is 7.87. The Morgan fingerprint density at radius 2 is 2.06 bits per heavy atom. The van der Waals surface area contributed by atoms with E-state index in [0.29, 0.717) is 6.42 Å². The molecule has 1 heterocycles. The number of benzene rings is 1. The highest BCUT2D eigenvalue weighted by molar-refractivity contribution is 8.13. The molecule has 0 aliphatic carbocycles. The molecule has 2 rings (SSSR count). The summed E-state index contributed by atoms with van der Waals surface area (Å²) < 4.78 is 23.9. The Labute approximate surface area is 105 Å². The molecule has 1 aromatic heterocycles. The first kappa shape index (κ1) is 12.5. The lowest BCUT2D eigenvalue weighted by molar-refractivity contribution is 0.609. The van der Waals surface area contributed by atoms with Gasteiger partial charge in [0.25, 0.3) is 0 Å². The molecule has 5 heteroatoms. The van der Waals surface area contributed by atoms with Gasteiger partial charge >= 0.3 is 0 Å². The van der Waals surface area contributed by atoms with Crippen LogP contribution in [-0.4, -0.2) is 18.7 Å². The maximum Gasteiger partial charge on any atom is 0.232 e. The summed E-state index contributed by atoms with van der Waals surface area (Å²) in [6.07, 6.45) is 2.46. The van der Waals surface area contributed by atoms with Crippen molar-refractivity contribution >= 4 is 30.6 Å². The highest BCUT2D eigenvalue weighted by Crippen LogP contribution is 2.22. The second-order valence-corrected chi connectivity index (χ2v) is 7.17. The first-order valence-corrected chi connectivity index (χ1v) is 7.81. The number of aryl methyl sites for hydroxylation is 3. The number of nitrogens with zero attached hydrogens (tertiary/aromatic N) is 1. The van der Waals surface area contributed by atoms with Crippen molar-refractivity contribution in [2.24, 2.45) is 7.05 Å². The molecule has 2 aromatic rings. The Bertz CT molecular complexity index is 658. The molecule has 92 valence electrons. The molecule has 1 aromatic carbocycles. The van der Waals surface area contributed by atoms with Gasteiger partial charge in [0, 0.05) is 29.3 Å². The number of halogens is 1. The second kappa shape index (κ2) is 4.35. The van der Waals surface area contributed by atoms with Crippen LogP contribution in [-0.2, 0) is 22.5 Å². The van der Waals surface area contributed by atoms with Crippen molar-refractivity contribution < 1.29 is 8.42 Å². The molecule has 0 aliphatic rings. The van der Waals surface area contributed by atoms with E-state index in [1.54, 1.807) is 0 Å². The molecule has 0 atom stereocenters. The molecule has 0 saturated carbocycles. The largest absolute Gasteiger partial charge is 0.350 e. The Kier molecular flexibility index (Phi) is 3.19. The van der Waals surface area contributed by atoms with Gasteiger partial charge in [0.1, 0.15) is 0 Å². The summed E-state index contributed by atoms with van der Waals surface area (Å²) in [5.74, 6) is -0.0215. The highest BCUT2D eigenvalue weighted by atomic mass is 35.7. The molecular weight excluding hydrogens is 258 g/mol. The average Bonchev–Trinajstić information content (AvgIpc) is 2.57. The van der Waals surface area contributed by atoms with Crippen LogP contribution in [0.2, 0.25) is 0 Å². The molecule has 0 spiro atoms. The predicted octanol–water partition coefficient (Wildman–Crippen LogP) is 2.60. The minimum Gasteiger partial charge on any atom is -0.350 e. The second-order valence-electron chi connectivity index (χ2n) is 4.27. The lowest BCUT2D eigenvalue weighted by Crippen LogP contribution is -2.01. The van der Waals surface area contributed by atoms with Gasteiger partial charge in [0.2, 0.25) is 9.05 Å². The Morgan fingerprint density at radius 1 is 1.35 bits per heavy atom. The standard InChI is InChI=1S/C12H14ClNO2S/c1-9-7-10(4-6-17(13,15)16)8-11-3-5-14(2)12(9)11/h3,5,7-8H,4,6H2,1-2H3. The van der Waals surface area contributed by atoms with Gasteiger partial charge < -0.3 is 4.57 Å². The third kappa shape index (κ3) is 2.82. The molecule has 0 amide bonds. The van der Waals surface area contributed by atoms with Crippen molar-refractivity contribution in [1.82, 2.24) is 4.57 Å². The van der Waals surface area contributed by atoms with Crippen molar-refractivity contribution in [2.45, 2.75) is 13.3 Å².